The van der Waals surface area contributed by atoms with E-state index < -0.39 is 11.7 Å². The Kier molecular flexibility index (Phi) is 4.25. The number of amides is 1. The van der Waals surface area contributed by atoms with E-state index in [1.165, 1.54) is 23.8 Å². The van der Waals surface area contributed by atoms with Crippen molar-refractivity contribution in [2.75, 3.05) is 5.32 Å². The van der Waals surface area contributed by atoms with Gasteiger partial charge < -0.3 is 0 Å². The van der Waals surface area contributed by atoms with Gasteiger partial charge in [-0.05, 0) is 44.9 Å². The van der Waals surface area contributed by atoms with Gasteiger partial charge in [-0.1, -0.05) is 6.07 Å². The Labute approximate surface area is 156 Å². The van der Waals surface area contributed by atoms with Gasteiger partial charge in [-0.15, -0.1) is 5.10 Å². The first-order valence-corrected chi connectivity index (χ1v) is 8.96. The van der Waals surface area contributed by atoms with Gasteiger partial charge in [0.2, 0.25) is 5.95 Å². The molecule has 1 atom stereocenters. The predicted molar refractivity (Wildman–Crippen MR) is 98.1 cm³/mol. The number of halogens is 1. The molecule has 8 heteroatoms. The van der Waals surface area contributed by atoms with Crippen LogP contribution in [0.5, 0.6) is 0 Å². The van der Waals surface area contributed by atoms with E-state index in [-0.39, 0.29) is 17.4 Å². The highest BCUT2D eigenvalue weighted by Gasteiger charge is 2.30. The fourth-order valence-corrected chi connectivity index (χ4v) is 3.77. The van der Waals surface area contributed by atoms with Crippen molar-refractivity contribution in [2.24, 2.45) is 7.05 Å². The predicted octanol–water partition coefficient (Wildman–Crippen LogP) is 2.95. The number of aromatic nitrogens is 5. The SMILES string of the molecule is Cc1nn(C)c(C)c1C1CCCn2nc(NC(=O)c3cccc(F)c3)nc21. The number of hydrogen-bond donors (Lipinski definition) is 1. The summed E-state index contributed by atoms with van der Waals surface area (Å²) < 4.78 is 17.1. The largest absolute Gasteiger partial charge is 0.289 e. The lowest BCUT2D eigenvalue weighted by atomic mass is 9.90. The second-order valence-electron chi connectivity index (χ2n) is 6.88. The lowest BCUT2D eigenvalue weighted by molar-refractivity contribution is 0.102. The number of carbonyl (C=O) groups excluding carboxylic acids is 1. The molecule has 0 fully saturated rings. The molecule has 1 aliphatic heterocycles. The van der Waals surface area contributed by atoms with E-state index in [2.05, 4.69) is 27.4 Å². The molecule has 1 N–H and O–H groups in total. The highest BCUT2D eigenvalue weighted by Crippen LogP contribution is 2.35. The first-order chi connectivity index (χ1) is 12.9. The first-order valence-electron chi connectivity index (χ1n) is 8.96. The molecule has 140 valence electrons. The Balaban J connectivity index is 1.64. The molecule has 0 saturated carbocycles. The van der Waals surface area contributed by atoms with Crippen LogP contribution >= 0.6 is 0 Å². The Hall–Kier alpha value is -3.03. The highest BCUT2D eigenvalue weighted by atomic mass is 19.1. The number of anilines is 1. The van der Waals surface area contributed by atoms with Crippen LogP contribution < -0.4 is 5.32 Å². The number of nitrogens with zero attached hydrogens (tertiary/aromatic N) is 5. The van der Waals surface area contributed by atoms with E-state index in [0.717, 1.165) is 36.6 Å². The zero-order valence-electron chi connectivity index (χ0n) is 15.5. The number of nitrogens with one attached hydrogen (secondary N) is 1. The number of carbonyl (C=O) groups is 1. The summed E-state index contributed by atoms with van der Waals surface area (Å²) in [7, 11) is 1.93. The molecule has 1 unspecified atom stereocenters. The third-order valence-electron chi connectivity index (χ3n) is 5.10. The van der Waals surface area contributed by atoms with E-state index in [1.807, 2.05) is 23.3 Å². The van der Waals surface area contributed by atoms with Crippen LogP contribution in [0.15, 0.2) is 24.3 Å². The van der Waals surface area contributed by atoms with Gasteiger partial charge in [0.05, 0.1) is 5.69 Å². The minimum atomic E-state index is -0.456. The van der Waals surface area contributed by atoms with Crippen molar-refractivity contribution in [3.63, 3.8) is 0 Å². The molecule has 3 heterocycles. The molecule has 2 aromatic heterocycles. The van der Waals surface area contributed by atoms with Crippen molar-refractivity contribution in [1.29, 1.82) is 0 Å². The Bertz CT molecular complexity index is 1020. The van der Waals surface area contributed by atoms with Gasteiger partial charge >= 0.3 is 0 Å². The van der Waals surface area contributed by atoms with Crippen LogP contribution in [0, 0.1) is 19.7 Å². The summed E-state index contributed by atoms with van der Waals surface area (Å²) in [4.78, 5) is 16.9. The summed E-state index contributed by atoms with van der Waals surface area (Å²) in [5, 5.41) is 11.6. The molecule has 0 radical (unpaired) electrons. The third kappa shape index (κ3) is 3.11. The van der Waals surface area contributed by atoms with Gasteiger partial charge in [-0.25, -0.2) is 9.07 Å². The van der Waals surface area contributed by atoms with Crippen LogP contribution in [-0.4, -0.2) is 30.5 Å². The Morgan fingerprint density at radius 1 is 1.30 bits per heavy atom. The van der Waals surface area contributed by atoms with Gasteiger partial charge in [0.1, 0.15) is 11.6 Å². The monoisotopic (exact) mass is 368 g/mol. The fourth-order valence-electron chi connectivity index (χ4n) is 3.77. The van der Waals surface area contributed by atoms with E-state index in [1.54, 1.807) is 6.07 Å². The van der Waals surface area contributed by atoms with Crippen LogP contribution in [-0.2, 0) is 13.6 Å². The second-order valence-corrected chi connectivity index (χ2v) is 6.88. The molecule has 1 amide bonds. The lowest BCUT2D eigenvalue weighted by Gasteiger charge is -2.22. The van der Waals surface area contributed by atoms with E-state index in [9.17, 15) is 9.18 Å². The van der Waals surface area contributed by atoms with Gasteiger partial charge in [-0.2, -0.15) is 10.1 Å². The van der Waals surface area contributed by atoms with Crippen LogP contribution in [0.25, 0.3) is 0 Å². The summed E-state index contributed by atoms with van der Waals surface area (Å²) in [5.41, 5.74) is 3.51. The molecule has 0 aliphatic carbocycles. The maximum Gasteiger partial charge on any atom is 0.258 e. The molecular formula is C19H21FN6O. The molecule has 0 spiro atoms. The highest BCUT2D eigenvalue weighted by molar-refractivity contribution is 6.03. The van der Waals surface area contributed by atoms with Crippen molar-refractivity contribution in [2.45, 2.75) is 39.2 Å². The summed E-state index contributed by atoms with van der Waals surface area (Å²) in [6.45, 7) is 4.81. The van der Waals surface area contributed by atoms with Crippen molar-refractivity contribution in [3.05, 3.63) is 58.4 Å². The van der Waals surface area contributed by atoms with Gasteiger partial charge in [-0.3, -0.25) is 14.8 Å². The topological polar surface area (TPSA) is 77.6 Å². The fraction of sp³-hybridized carbons (Fsp3) is 0.368. The molecule has 0 bridgehead atoms. The number of fused-ring (bicyclic) bond motifs is 1. The molecule has 1 aromatic carbocycles. The van der Waals surface area contributed by atoms with E-state index in [0.29, 0.717) is 0 Å². The smallest absolute Gasteiger partial charge is 0.258 e. The zero-order chi connectivity index (χ0) is 19.1. The van der Waals surface area contributed by atoms with Crippen LogP contribution in [0.2, 0.25) is 0 Å². The molecule has 27 heavy (non-hydrogen) atoms. The van der Waals surface area contributed by atoms with Crippen molar-refractivity contribution in [1.82, 2.24) is 24.5 Å². The third-order valence-corrected chi connectivity index (χ3v) is 5.10. The van der Waals surface area contributed by atoms with Crippen LogP contribution in [0.1, 0.15) is 51.9 Å². The summed E-state index contributed by atoms with van der Waals surface area (Å²) >= 11 is 0. The summed E-state index contributed by atoms with van der Waals surface area (Å²) in [5.74, 6) is 0.283. The normalized spacial score (nSPS) is 16.2. The standard InChI is InChI=1S/C19H21FN6O/c1-11-16(12(2)25(3)23-11)15-8-5-9-26-17(15)21-19(24-26)22-18(27)13-6-4-7-14(20)10-13/h4,6-7,10,15H,5,8-9H2,1-3H3,(H,22,24,27). The number of benzene rings is 1. The van der Waals surface area contributed by atoms with E-state index >= 15 is 0 Å². The Morgan fingerprint density at radius 2 is 2.11 bits per heavy atom. The molecule has 4 rings (SSSR count). The van der Waals surface area contributed by atoms with Crippen LogP contribution in [0.3, 0.4) is 0 Å². The molecule has 7 nitrogen and oxygen atoms in total. The average molecular weight is 368 g/mol. The van der Waals surface area contributed by atoms with Gasteiger partial charge in [0.15, 0.2) is 0 Å². The molecule has 0 saturated heterocycles. The Morgan fingerprint density at radius 3 is 2.81 bits per heavy atom. The van der Waals surface area contributed by atoms with Gasteiger partial charge in [0, 0.05) is 36.3 Å². The second kappa shape index (κ2) is 6.61. The van der Waals surface area contributed by atoms with Crippen LogP contribution in [0.4, 0.5) is 10.3 Å². The van der Waals surface area contributed by atoms with Crippen molar-refractivity contribution >= 4 is 11.9 Å². The summed E-state index contributed by atoms with van der Waals surface area (Å²) in [6.07, 6.45) is 1.94. The molecule has 3 aromatic rings. The van der Waals surface area contributed by atoms with E-state index in [4.69, 9.17) is 0 Å². The zero-order valence-corrected chi connectivity index (χ0v) is 15.5. The molecule has 1 aliphatic rings. The van der Waals surface area contributed by atoms with Gasteiger partial charge in [0.25, 0.3) is 5.91 Å². The maximum atomic E-state index is 13.3. The quantitative estimate of drug-likeness (QED) is 0.771. The lowest BCUT2D eigenvalue weighted by Crippen LogP contribution is -2.19. The number of hydrogen-bond acceptors (Lipinski definition) is 4. The number of rotatable bonds is 3. The first kappa shape index (κ1) is 17.4. The van der Waals surface area contributed by atoms with Crippen molar-refractivity contribution in [3.8, 4) is 0 Å². The average Bonchev–Trinajstić information content (AvgIpc) is 3.15. The molecular weight excluding hydrogens is 347 g/mol. The maximum absolute atomic E-state index is 13.3. The summed E-state index contributed by atoms with van der Waals surface area (Å²) in [6, 6.07) is 5.55. The minimum absolute atomic E-state index is 0.0970. The van der Waals surface area contributed by atoms with Crippen molar-refractivity contribution < 1.29 is 9.18 Å². The number of aryl methyl sites for hydroxylation is 3. The minimum Gasteiger partial charge on any atom is -0.289 e.